The minimum atomic E-state index is -0.0296. The van der Waals surface area contributed by atoms with Crippen LogP contribution in [0.25, 0.3) is 0 Å². The third-order valence-corrected chi connectivity index (χ3v) is 6.04. The van der Waals surface area contributed by atoms with Gasteiger partial charge in [-0.25, -0.2) is 0 Å². The third kappa shape index (κ3) is 5.55. The van der Waals surface area contributed by atoms with Gasteiger partial charge in [-0.2, -0.15) is 0 Å². The number of para-hydroxylation sites is 1. The number of anilines is 2. The Hall–Kier alpha value is -2.38. The predicted octanol–water partition coefficient (Wildman–Crippen LogP) is 4.75. The number of benzene rings is 2. The maximum atomic E-state index is 12.3. The van der Waals surface area contributed by atoms with Crippen molar-refractivity contribution in [3.8, 4) is 0 Å². The second-order valence-corrected chi connectivity index (χ2v) is 8.21. The number of aryl methyl sites for hydroxylation is 2. The largest absolute Gasteiger partial charge is 0.356 e. The van der Waals surface area contributed by atoms with E-state index in [1.165, 1.54) is 28.7 Å². The molecule has 2 aromatic carbocycles. The molecule has 0 saturated heterocycles. The summed E-state index contributed by atoms with van der Waals surface area (Å²) in [5.74, 6) is 0.281. The van der Waals surface area contributed by atoms with Crippen molar-refractivity contribution in [2.45, 2.75) is 31.2 Å². The average Bonchev–Trinajstić information content (AvgIpc) is 3.15. The highest BCUT2D eigenvalue weighted by Crippen LogP contribution is 2.27. The van der Waals surface area contributed by atoms with Gasteiger partial charge in [0.2, 0.25) is 11.0 Å². The molecule has 0 fully saturated rings. The Morgan fingerprint density at radius 1 is 1.11 bits per heavy atom. The lowest BCUT2D eigenvalue weighted by Crippen LogP contribution is -2.16. The molecule has 5 nitrogen and oxygen atoms in total. The molecule has 3 rings (SSSR count). The first-order valence-corrected chi connectivity index (χ1v) is 10.6. The molecule has 1 amide bonds. The van der Waals surface area contributed by atoms with E-state index < -0.39 is 0 Å². The molecule has 0 aliphatic carbocycles. The molecular formula is C20H22N4OS2. The van der Waals surface area contributed by atoms with E-state index in [4.69, 9.17) is 0 Å². The van der Waals surface area contributed by atoms with Gasteiger partial charge in [-0.15, -0.1) is 10.2 Å². The first-order chi connectivity index (χ1) is 13.2. The van der Waals surface area contributed by atoms with Gasteiger partial charge in [0.1, 0.15) is 0 Å². The van der Waals surface area contributed by atoms with Gasteiger partial charge in [0.15, 0.2) is 4.34 Å². The summed E-state index contributed by atoms with van der Waals surface area (Å²) in [5.41, 5.74) is 4.34. The number of rotatable bonds is 8. The van der Waals surface area contributed by atoms with Crippen LogP contribution in [0.3, 0.4) is 0 Å². The highest BCUT2D eigenvalue weighted by atomic mass is 32.2. The zero-order valence-corrected chi connectivity index (χ0v) is 17.0. The molecule has 0 atom stereocenters. The summed E-state index contributed by atoms with van der Waals surface area (Å²) in [5, 5.41) is 15.3. The van der Waals surface area contributed by atoms with Crippen molar-refractivity contribution in [1.29, 1.82) is 0 Å². The normalized spacial score (nSPS) is 10.6. The molecule has 140 valence electrons. The molecule has 2 N–H and O–H groups in total. The van der Waals surface area contributed by atoms with E-state index in [0.29, 0.717) is 12.3 Å². The van der Waals surface area contributed by atoms with Crippen LogP contribution in [0.5, 0.6) is 0 Å². The van der Waals surface area contributed by atoms with Crippen LogP contribution in [0.2, 0.25) is 0 Å². The molecule has 0 spiro atoms. The number of nitrogens with zero attached hydrogens (tertiary/aromatic N) is 2. The van der Waals surface area contributed by atoms with Crippen molar-refractivity contribution in [2.24, 2.45) is 0 Å². The fourth-order valence-electron chi connectivity index (χ4n) is 2.62. The minimum absolute atomic E-state index is 0.0296. The molecule has 0 radical (unpaired) electrons. The number of aromatic nitrogens is 2. The van der Waals surface area contributed by atoms with Crippen LogP contribution in [0.4, 0.5) is 10.8 Å². The van der Waals surface area contributed by atoms with Crippen LogP contribution in [0, 0.1) is 6.92 Å². The van der Waals surface area contributed by atoms with Gasteiger partial charge in [0, 0.05) is 12.2 Å². The predicted molar refractivity (Wildman–Crippen MR) is 114 cm³/mol. The minimum Gasteiger partial charge on any atom is -0.356 e. The van der Waals surface area contributed by atoms with E-state index in [-0.39, 0.29) is 5.91 Å². The number of hydrogen-bond donors (Lipinski definition) is 2. The lowest BCUT2D eigenvalue weighted by atomic mass is 10.1. The van der Waals surface area contributed by atoms with Crippen LogP contribution >= 0.6 is 23.1 Å². The van der Waals surface area contributed by atoms with Crippen LogP contribution in [0.15, 0.2) is 52.9 Å². The molecule has 0 aliphatic heterocycles. The third-order valence-electron chi connectivity index (χ3n) is 4.02. The van der Waals surface area contributed by atoms with Gasteiger partial charge in [-0.1, -0.05) is 78.6 Å². The molecule has 0 unspecified atom stereocenters. The van der Waals surface area contributed by atoms with Crippen LogP contribution in [0.1, 0.15) is 23.6 Å². The second-order valence-electron chi connectivity index (χ2n) is 6.01. The number of amides is 1. The quantitative estimate of drug-likeness (QED) is 0.536. The van der Waals surface area contributed by atoms with E-state index >= 15 is 0 Å². The number of carbonyl (C=O) groups is 1. The van der Waals surface area contributed by atoms with Gasteiger partial charge in [-0.05, 0) is 30.0 Å². The Balaban J connectivity index is 1.50. The first-order valence-electron chi connectivity index (χ1n) is 8.78. The Morgan fingerprint density at radius 2 is 1.93 bits per heavy atom. The van der Waals surface area contributed by atoms with Crippen molar-refractivity contribution < 1.29 is 4.79 Å². The molecule has 0 saturated carbocycles. The Morgan fingerprint density at radius 3 is 2.70 bits per heavy atom. The standard InChI is InChI=1S/C20H22N4OS2/c1-3-16-11-7-8-14(2)18(16)22-17(25)13-26-20-24-23-19(27-20)21-12-15-9-5-4-6-10-15/h4-11H,3,12-13H2,1-2H3,(H,21,23)(H,22,25). The molecule has 0 bridgehead atoms. The number of nitrogens with one attached hydrogen (secondary N) is 2. The average molecular weight is 399 g/mol. The lowest BCUT2D eigenvalue weighted by molar-refractivity contribution is -0.113. The second kappa shape index (κ2) is 9.53. The van der Waals surface area contributed by atoms with Gasteiger partial charge in [-0.3, -0.25) is 4.79 Å². The lowest BCUT2D eigenvalue weighted by Gasteiger charge is -2.12. The van der Waals surface area contributed by atoms with Gasteiger partial charge in [0.05, 0.1) is 5.75 Å². The highest BCUT2D eigenvalue weighted by Gasteiger charge is 2.11. The summed E-state index contributed by atoms with van der Waals surface area (Å²) in [6.07, 6.45) is 0.886. The van der Waals surface area contributed by atoms with Gasteiger partial charge < -0.3 is 10.6 Å². The summed E-state index contributed by atoms with van der Waals surface area (Å²) >= 11 is 2.86. The maximum Gasteiger partial charge on any atom is 0.234 e. The number of hydrogen-bond acceptors (Lipinski definition) is 6. The monoisotopic (exact) mass is 398 g/mol. The Bertz CT molecular complexity index is 896. The molecule has 7 heteroatoms. The fraction of sp³-hybridized carbons (Fsp3) is 0.250. The SMILES string of the molecule is CCc1cccc(C)c1NC(=O)CSc1nnc(NCc2ccccc2)s1. The smallest absolute Gasteiger partial charge is 0.234 e. The van der Waals surface area contributed by atoms with Crippen molar-refractivity contribution in [2.75, 3.05) is 16.4 Å². The summed E-state index contributed by atoms with van der Waals surface area (Å²) < 4.78 is 0.779. The summed E-state index contributed by atoms with van der Waals surface area (Å²) in [6, 6.07) is 16.2. The molecule has 1 heterocycles. The highest BCUT2D eigenvalue weighted by molar-refractivity contribution is 8.01. The molecule has 27 heavy (non-hydrogen) atoms. The van der Waals surface area contributed by atoms with Crippen LogP contribution in [-0.2, 0) is 17.8 Å². The van der Waals surface area contributed by atoms with Crippen molar-refractivity contribution in [1.82, 2.24) is 10.2 Å². The molecule has 3 aromatic rings. The molecule has 0 aliphatic rings. The zero-order valence-electron chi connectivity index (χ0n) is 15.4. The van der Waals surface area contributed by atoms with Gasteiger partial charge >= 0.3 is 0 Å². The number of thioether (sulfide) groups is 1. The van der Waals surface area contributed by atoms with E-state index in [2.05, 4.69) is 39.9 Å². The topological polar surface area (TPSA) is 66.9 Å². The first kappa shape index (κ1) is 19.4. The Labute approximate surface area is 167 Å². The van der Waals surface area contributed by atoms with E-state index in [9.17, 15) is 4.79 Å². The summed E-state index contributed by atoms with van der Waals surface area (Å²) in [4.78, 5) is 12.3. The zero-order chi connectivity index (χ0) is 19.1. The van der Waals surface area contributed by atoms with Crippen LogP contribution in [-0.4, -0.2) is 21.9 Å². The summed E-state index contributed by atoms with van der Waals surface area (Å²) in [6.45, 7) is 4.80. The Kier molecular flexibility index (Phi) is 6.84. The van der Waals surface area contributed by atoms with Crippen molar-refractivity contribution in [3.63, 3.8) is 0 Å². The van der Waals surface area contributed by atoms with E-state index in [0.717, 1.165) is 32.7 Å². The fourth-order valence-corrected chi connectivity index (χ4v) is 4.17. The summed E-state index contributed by atoms with van der Waals surface area (Å²) in [7, 11) is 0. The van der Waals surface area contributed by atoms with E-state index in [1.54, 1.807) is 0 Å². The van der Waals surface area contributed by atoms with Crippen LogP contribution < -0.4 is 10.6 Å². The molecular weight excluding hydrogens is 376 g/mol. The number of carbonyl (C=O) groups excluding carboxylic acids is 1. The van der Waals surface area contributed by atoms with E-state index in [1.807, 2.05) is 43.3 Å². The molecule has 1 aromatic heterocycles. The van der Waals surface area contributed by atoms with Crippen molar-refractivity contribution >= 4 is 39.8 Å². The maximum absolute atomic E-state index is 12.3. The van der Waals surface area contributed by atoms with Gasteiger partial charge in [0.25, 0.3) is 0 Å². The van der Waals surface area contributed by atoms with Crippen molar-refractivity contribution in [3.05, 3.63) is 65.2 Å².